The molecule has 2 N–H and O–H groups in total. The normalized spacial score (nSPS) is 10.2. The Kier molecular flexibility index (Phi) is 4.64. The van der Waals surface area contributed by atoms with Gasteiger partial charge in [-0.3, -0.25) is 0 Å². The number of urea groups is 1. The Morgan fingerprint density at radius 1 is 1.05 bits per heavy atom. The Morgan fingerprint density at radius 2 is 1.65 bits per heavy atom. The summed E-state index contributed by atoms with van der Waals surface area (Å²) in [6.07, 6.45) is 0. The maximum atomic E-state index is 11.8. The maximum Gasteiger partial charge on any atom is 0.319 e. The van der Waals surface area contributed by atoms with Crippen LogP contribution >= 0.6 is 11.6 Å². The zero-order chi connectivity index (χ0) is 14.5. The Balaban J connectivity index is 1.90. The average molecular weight is 289 g/mol. The third kappa shape index (κ3) is 4.28. The van der Waals surface area contributed by atoms with Crippen LogP contribution in [-0.4, -0.2) is 6.03 Å². The van der Waals surface area contributed by atoms with Crippen molar-refractivity contribution in [1.29, 1.82) is 0 Å². The molecule has 0 aliphatic carbocycles. The van der Waals surface area contributed by atoms with Crippen molar-refractivity contribution in [2.24, 2.45) is 0 Å². The van der Waals surface area contributed by atoms with Crippen molar-refractivity contribution in [2.75, 3.05) is 5.32 Å². The van der Waals surface area contributed by atoms with Crippen molar-refractivity contribution in [3.05, 3.63) is 64.2 Å². The Bertz CT molecular complexity index is 588. The number of amides is 2. The number of anilines is 1. The van der Waals surface area contributed by atoms with Gasteiger partial charge in [0.15, 0.2) is 0 Å². The Labute approximate surface area is 124 Å². The largest absolute Gasteiger partial charge is 0.334 e. The molecule has 0 saturated carbocycles. The molecule has 0 spiro atoms. The van der Waals surface area contributed by atoms with E-state index in [1.807, 2.05) is 38.1 Å². The fourth-order valence-corrected chi connectivity index (χ4v) is 2.13. The first kappa shape index (κ1) is 14.4. The van der Waals surface area contributed by atoms with Crippen LogP contribution in [0, 0.1) is 13.8 Å². The summed E-state index contributed by atoms with van der Waals surface area (Å²) < 4.78 is 0. The smallest absolute Gasteiger partial charge is 0.319 e. The lowest BCUT2D eigenvalue weighted by molar-refractivity contribution is 0.251. The number of hydrogen-bond acceptors (Lipinski definition) is 1. The maximum absolute atomic E-state index is 11.8. The van der Waals surface area contributed by atoms with E-state index in [0.29, 0.717) is 11.6 Å². The van der Waals surface area contributed by atoms with Gasteiger partial charge in [-0.1, -0.05) is 29.8 Å². The van der Waals surface area contributed by atoms with Gasteiger partial charge in [0.1, 0.15) is 0 Å². The van der Waals surface area contributed by atoms with E-state index in [4.69, 9.17) is 11.6 Å². The van der Waals surface area contributed by atoms with Crippen molar-refractivity contribution in [1.82, 2.24) is 5.32 Å². The van der Waals surface area contributed by atoms with Gasteiger partial charge >= 0.3 is 6.03 Å². The highest BCUT2D eigenvalue weighted by atomic mass is 35.5. The van der Waals surface area contributed by atoms with Crippen LogP contribution in [-0.2, 0) is 6.54 Å². The highest BCUT2D eigenvalue weighted by Crippen LogP contribution is 2.13. The highest BCUT2D eigenvalue weighted by Gasteiger charge is 2.03. The number of aryl methyl sites for hydroxylation is 2. The van der Waals surface area contributed by atoms with Crippen LogP contribution in [0.4, 0.5) is 10.5 Å². The van der Waals surface area contributed by atoms with Crippen LogP contribution in [0.1, 0.15) is 16.7 Å². The van der Waals surface area contributed by atoms with Crippen LogP contribution in [0.25, 0.3) is 0 Å². The summed E-state index contributed by atoms with van der Waals surface area (Å²) in [5.41, 5.74) is 4.05. The first-order valence-corrected chi connectivity index (χ1v) is 6.78. The zero-order valence-electron chi connectivity index (χ0n) is 11.5. The molecule has 0 heterocycles. The molecule has 2 aromatic rings. The second-order valence-electron chi connectivity index (χ2n) is 4.81. The highest BCUT2D eigenvalue weighted by molar-refractivity contribution is 6.30. The minimum absolute atomic E-state index is 0.218. The minimum atomic E-state index is -0.218. The average Bonchev–Trinajstić information content (AvgIpc) is 2.37. The molecular weight excluding hydrogens is 272 g/mol. The van der Waals surface area contributed by atoms with Crippen molar-refractivity contribution >= 4 is 23.3 Å². The summed E-state index contributed by atoms with van der Waals surface area (Å²) >= 11 is 5.81. The molecule has 2 amide bonds. The predicted molar refractivity (Wildman–Crippen MR) is 83.2 cm³/mol. The molecule has 2 rings (SSSR count). The van der Waals surface area contributed by atoms with Gasteiger partial charge in [0.2, 0.25) is 0 Å². The number of carbonyl (C=O) groups is 1. The van der Waals surface area contributed by atoms with Crippen LogP contribution in [0.2, 0.25) is 5.02 Å². The SMILES string of the molecule is Cc1cc(C)cc(NC(=O)NCc2ccc(Cl)cc2)c1. The molecule has 3 nitrogen and oxygen atoms in total. The van der Waals surface area contributed by atoms with E-state index < -0.39 is 0 Å². The minimum Gasteiger partial charge on any atom is -0.334 e. The van der Waals surface area contributed by atoms with E-state index in [2.05, 4.69) is 16.7 Å². The monoisotopic (exact) mass is 288 g/mol. The van der Waals surface area contributed by atoms with Crippen LogP contribution in [0.5, 0.6) is 0 Å². The van der Waals surface area contributed by atoms with Crippen molar-refractivity contribution in [3.63, 3.8) is 0 Å². The van der Waals surface area contributed by atoms with E-state index in [-0.39, 0.29) is 6.03 Å². The summed E-state index contributed by atoms with van der Waals surface area (Å²) in [5, 5.41) is 6.33. The van der Waals surface area contributed by atoms with Crippen LogP contribution in [0.15, 0.2) is 42.5 Å². The molecule has 0 bridgehead atoms. The second kappa shape index (κ2) is 6.44. The molecule has 0 aliphatic heterocycles. The molecule has 4 heteroatoms. The van der Waals surface area contributed by atoms with E-state index in [9.17, 15) is 4.79 Å². The molecule has 0 radical (unpaired) electrons. The number of carbonyl (C=O) groups excluding carboxylic acids is 1. The predicted octanol–water partition coefficient (Wildman–Crippen LogP) is 4.28. The summed E-state index contributed by atoms with van der Waals surface area (Å²) in [6.45, 7) is 4.47. The Morgan fingerprint density at radius 3 is 2.25 bits per heavy atom. The number of nitrogens with one attached hydrogen (secondary N) is 2. The van der Waals surface area contributed by atoms with Gasteiger partial charge in [-0.15, -0.1) is 0 Å². The molecule has 2 aromatic carbocycles. The molecule has 0 unspecified atom stereocenters. The number of rotatable bonds is 3. The van der Waals surface area contributed by atoms with E-state index in [1.165, 1.54) is 0 Å². The molecule has 0 aliphatic rings. The van der Waals surface area contributed by atoms with Crippen molar-refractivity contribution < 1.29 is 4.79 Å². The zero-order valence-corrected chi connectivity index (χ0v) is 12.3. The fourth-order valence-electron chi connectivity index (χ4n) is 2.01. The van der Waals surface area contributed by atoms with Crippen LogP contribution in [0.3, 0.4) is 0 Å². The lowest BCUT2D eigenvalue weighted by Crippen LogP contribution is -2.28. The number of hydrogen-bond donors (Lipinski definition) is 2. The van der Waals surface area contributed by atoms with Gasteiger partial charge in [0, 0.05) is 17.3 Å². The van der Waals surface area contributed by atoms with Gasteiger partial charge in [0.05, 0.1) is 0 Å². The van der Waals surface area contributed by atoms with Crippen molar-refractivity contribution in [3.8, 4) is 0 Å². The summed E-state index contributed by atoms with van der Waals surface area (Å²) in [7, 11) is 0. The van der Waals surface area contributed by atoms with Gasteiger partial charge in [-0.05, 0) is 54.8 Å². The second-order valence-corrected chi connectivity index (χ2v) is 5.25. The van der Waals surface area contributed by atoms with Gasteiger partial charge in [-0.25, -0.2) is 4.79 Å². The summed E-state index contributed by atoms with van der Waals surface area (Å²) in [5.74, 6) is 0. The third-order valence-electron chi connectivity index (χ3n) is 2.85. The standard InChI is InChI=1S/C16H17ClN2O/c1-11-7-12(2)9-15(8-11)19-16(20)18-10-13-3-5-14(17)6-4-13/h3-9H,10H2,1-2H3,(H2,18,19,20). The summed E-state index contributed by atoms with van der Waals surface area (Å²) in [4.78, 5) is 11.8. The first-order chi connectivity index (χ1) is 9.52. The summed E-state index contributed by atoms with van der Waals surface area (Å²) in [6, 6.07) is 13.1. The van der Waals surface area contributed by atoms with Gasteiger partial charge in [-0.2, -0.15) is 0 Å². The van der Waals surface area contributed by atoms with Crippen molar-refractivity contribution in [2.45, 2.75) is 20.4 Å². The quantitative estimate of drug-likeness (QED) is 0.869. The van der Waals surface area contributed by atoms with Crippen LogP contribution < -0.4 is 10.6 Å². The lowest BCUT2D eigenvalue weighted by Gasteiger charge is -2.09. The van der Waals surface area contributed by atoms with Gasteiger partial charge in [0.25, 0.3) is 0 Å². The molecule has 0 fully saturated rings. The first-order valence-electron chi connectivity index (χ1n) is 6.40. The molecule has 0 atom stereocenters. The van der Waals surface area contributed by atoms with E-state index in [0.717, 1.165) is 22.4 Å². The van der Waals surface area contributed by atoms with Gasteiger partial charge < -0.3 is 10.6 Å². The van der Waals surface area contributed by atoms with E-state index >= 15 is 0 Å². The number of halogens is 1. The number of benzene rings is 2. The fraction of sp³-hybridized carbons (Fsp3) is 0.188. The Hall–Kier alpha value is -2.00. The third-order valence-corrected chi connectivity index (χ3v) is 3.10. The molecule has 0 saturated heterocycles. The molecule has 20 heavy (non-hydrogen) atoms. The molecular formula is C16H17ClN2O. The molecule has 104 valence electrons. The van der Waals surface area contributed by atoms with E-state index in [1.54, 1.807) is 12.1 Å². The lowest BCUT2D eigenvalue weighted by atomic mass is 10.1. The molecule has 0 aromatic heterocycles. The topological polar surface area (TPSA) is 41.1 Å².